The summed E-state index contributed by atoms with van der Waals surface area (Å²) >= 11 is 0. The van der Waals surface area contributed by atoms with Crippen LogP contribution in [0.25, 0.3) is 0 Å². The molecule has 0 aliphatic rings. The third kappa shape index (κ3) is 73.3. The Bertz CT molecular complexity index is 2080. The van der Waals surface area contributed by atoms with Gasteiger partial charge >= 0.3 is 39.5 Å². The van der Waals surface area contributed by atoms with Gasteiger partial charge in [-0.1, -0.05) is 320 Å². The van der Waals surface area contributed by atoms with Gasteiger partial charge in [0.25, 0.3) is 0 Å². The van der Waals surface area contributed by atoms with Crippen LogP contribution in [-0.2, 0) is 65.4 Å². The lowest BCUT2D eigenvalue weighted by Crippen LogP contribution is -2.30. The smallest absolute Gasteiger partial charge is 0.462 e. The lowest BCUT2D eigenvalue weighted by atomic mass is 10.0. The van der Waals surface area contributed by atoms with Gasteiger partial charge in [0.05, 0.1) is 26.4 Å². The highest BCUT2D eigenvalue weighted by Crippen LogP contribution is 2.45. The number of phosphoric ester groups is 2. The van der Waals surface area contributed by atoms with Crippen molar-refractivity contribution < 1.29 is 80.2 Å². The average molecular weight is 1460 g/mol. The van der Waals surface area contributed by atoms with Crippen LogP contribution in [0.4, 0.5) is 0 Å². The Kier molecular flexibility index (Phi) is 72.1. The number of hydrogen-bond acceptors (Lipinski definition) is 15. The van der Waals surface area contributed by atoms with Crippen molar-refractivity contribution in [2.24, 2.45) is 0 Å². The second kappa shape index (κ2) is 74.3. The molecule has 0 heterocycles. The number of carbonyl (C=O) groups is 4. The van der Waals surface area contributed by atoms with Crippen LogP contribution in [0, 0.1) is 0 Å². The van der Waals surface area contributed by atoms with Crippen molar-refractivity contribution >= 4 is 39.5 Å². The molecule has 0 saturated heterocycles. The molecular formula is C81H150O17P2. The number of allylic oxidation sites excluding steroid dienone is 8. The number of aliphatic hydroxyl groups excluding tert-OH is 1. The minimum Gasteiger partial charge on any atom is -0.462 e. The molecule has 0 rings (SSSR count). The van der Waals surface area contributed by atoms with Crippen LogP contribution >= 0.6 is 15.6 Å². The molecule has 19 heteroatoms. The summed E-state index contributed by atoms with van der Waals surface area (Å²) in [6.07, 6.45) is 72.2. The van der Waals surface area contributed by atoms with Crippen molar-refractivity contribution in [3.05, 3.63) is 48.6 Å². The van der Waals surface area contributed by atoms with Crippen LogP contribution in [0.5, 0.6) is 0 Å². The monoisotopic (exact) mass is 1460 g/mol. The Labute approximate surface area is 610 Å². The maximum atomic E-state index is 13.1. The topological polar surface area (TPSA) is 237 Å². The van der Waals surface area contributed by atoms with Gasteiger partial charge in [-0.05, 0) is 89.9 Å². The minimum absolute atomic E-state index is 0.0998. The molecule has 0 aromatic carbocycles. The van der Waals surface area contributed by atoms with E-state index in [1.807, 2.05) is 0 Å². The van der Waals surface area contributed by atoms with Crippen molar-refractivity contribution in [3.8, 4) is 0 Å². The summed E-state index contributed by atoms with van der Waals surface area (Å²) in [4.78, 5) is 73.0. The van der Waals surface area contributed by atoms with E-state index in [2.05, 4.69) is 76.3 Å². The Hall–Kier alpha value is -2.98. The number of carbonyl (C=O) groups excluding carboxylic acids is 4. The van der Waals surface area contributed by atoms with E-state index in [1.165, 1.54) is 161 Å². The zero-order valence-electron chi connectivity index (χ0n) is 64.1. The van der Waals surface area contributed by atoms with E-state index in [0.717, 1.165) is 148 Å². The molecule has 0 aromatic heterocycles. The molecule has 5 unspecified atom stereocenters. The highest BCUT2D eigenvalue weighted by Gasteiger charge is 2.30. The summed E-state index contributed by atoms with van der Waals surface area (Å²) in [5.74, 6) is -2.15. The summed E-state index contributed by atoms with van der Waals surface area (Å²) in [6.45, 7) is 4.90. The normalized spacial score (nSPS) is 14.1. The molecule has 0 aliphatic heterocycles. The van der Waals surface area contributed by atoms with E-state index in [1.54, 1.807) is 0 Å². The summed E-state index contributed by atoms with van der Waals surface area (Å²) in [7, 11) is -9.94. The van der Waals surface area contributed by atoms with Crippen LogP contribution in [0.15, 0.2) is 48.6 Å². The third-order valence-corrected chi connectivity index (χ3v) is 19.7. The SMILES string of the molecule is CCCCC/C=C\C/C=C\C/C=C\CCCCCCCCC(=O)OCC(COP(=O)(O)OCC(O)COP(=O)(O)OCC(COC(=O)CCCCCCC/C=C\CCCCCC)OC(=O)CCCCCCCCCCCCCCC)OC(=O)CCCCCCCCCCCCCCCCC. The van der Waals surface area contributed by atoms with E-state index >= 15 is 0 Å². The van der Waals surface area contributed by atoms with Gasteiger partial charge in [-0.15, -0.1) is 0 Å². The quantitative estimate of drug-likeness (QED) is 0.0169. The Morgan fingerprint density at radius 3 is 0.790 bits per heavy atom. The number of rotatable bonds is 78. The van der Waals surface area contributed by atoms with Gasteiger partial charge < -0.3 is 33.8 Å². The van der Waals surface area contributed by atoms with Gasteiger partial charge in [-0.2, -0.15) is 0 Å². The maximum absolute atomic E-state index is 13.1. The largest absolute Gasteiger partial charge is 0.472 e. The maximum Gasteiger partial charge on any atom is 0.472 e. The Balaban J connectivity index is 5.30. The van der Waals surface area contributed by atoms with E-state index < -0.39 is 97.5 Å². The molecule has 0 aliphatic carbocycles. The first-order valence-electron chi connectivity index (χ1n) is 40.9. The first kappa shape index (κ1) is 97.0. The van der Waals surface area contributed by atoms with Crippen molar-refractivity contribution in [1.82, 2.24) is 0 Å². The number of esters is 4. The van der Waals surface area contributed by atoms with Crippen molar-refractivity contribution in [3.63, 3.8) is 0 Å². The van der Waals surface area contributed by atoms with Crippen LogP contribution in [0.3, 0.4) is 0 Å². The number of aliphatic hydroxyl groups is 1. The van der Waals surface area contributed by atoms with Gasteiger partial charge in [0.2, 0.25) is 0 Å². The highest BCUT2D eigenvalue weighted by atomic mass is 31.2. The standard InChI is InChI=1S/C81H150O17P2/c1-5-9-13-17-21-25-29-33-35-36-37-38-40-43-46-50-54-58-62-66-79(84)92-72-77(98-81(86)68-64-60-56-52-48-44-39-34-30-26-22-18-14-10-6-2)74-96-100(89,90)94-70-75(82)69-93-99(87,88)95-73-76(97-80(85)67-63-59-55-51-47-42-32-28-24-20-16-12-8-4)71-91-78(83)65-61-57-53-49-45-41-31-27-23-19-15-11-7-3/h21,25,27,31,33,35,37-38,75-77,82H,5-20,22-24,26,28-30,32,34,36,39-74H2,1-4H3,(H,87,88)(H,89,90)/b25-21-,31-27-,35-33-,38-37-. The molecule has 0 bridgehead atoms. The fraction of sp³-hybridized carbons (Fsp3) is 0.852. The molecule has 586 valence electrons. The van der Waals surface area contributed by atoms with Crippen molar-refractivity contribution in [1.29, 1.82) is 0 Å². The van der Waals surface area contributed by atoms with Crippen molar-refractivity contribution in [2.75, 3.05) is 39.6 Å². The van der Waals surface area contributed by atoms with Gasteiger partial charge in [-0.25, -0.2) is 9.13 Å². The lowest BCUT2D eigenvalue weighted by molar-refractivity contribution is -0.161. The number of unbranched alkanes of at least 4 members (excludes halogenated alkanes) is 44. The molecule has 0 saturated carbocycles. The molecule has 3 N–H and O–H groups in total. The van der Waals surface area contributed by atoms with Crippen LogP contribution < -0.4 is 0 Å². The first-order chi connectivity index (χ1) is 48.7. The fourth-order valence-corrected chi connectivity index (χ4v) is 13.1. The Morgan fingerprint density at radius 1 is 0.280 bits per heavy atom. The van der Waals surface area contributed by atoms with Crippen LogP contribution in [-0.4, -0.2) is 96.7 Å². The summed E-state index contributed by atoms with van der Waals surface area (Å²) < 4.78 is 68.6. The van der Waals surface area contributed by atoms with Gasteiger partial charge in [0, 0.05) is 25.7 Å². The fourth-order valence-electron chi connectivity index (χ4n) is 11.5. The lowest BCUT2D eigenvalue weighted by Gasteiger charge is -2.21. The molecular weight excluding hydrogens is 1310 g/mol. The molecule has 0 fully saturated rings. The van der Waals surface area contributed by atoms with E-state index in [9.17, 15) is 43.2 Å². The molecule has 5 atom stereocenters. The van der Waals surface area contributed by atoms with Gasteiger partial charge in [0.1, 0.15) is 19.3 Å². The summed E-state index contributed by atoms with van der Waals surface area (Å²) in [6, 6.07) is 0. The predicted molar refractivity (Wildman–Crippen MR) is 409 cm³/mol. The number of ether oxygens (including phenoxy) is 4. The Morgan fingerprint density at radius 2 is 0.490 bits per heavy atom. The van der Waals surface area contributed by atoms with Crippen LogP contribution in [0.2, 0.25) is 0 Å². The van der Waals surface area contributed by atoms with E-state index in [-0.39, 0.29) is 25.7 Å². The number of hydrogen-bond donors (Lipinski definition) is 3. The van der Waals surface area contributed by atoms with E-state index in [0.29, 0.717) is 25.7 Å². The van der Waals surface area contributed by atoms with E-state index in [4.69, 9.17) is 37.0 Å². The molecule has 17 nitrogen and oxygen atoms in total. The molecule has 0 spiro atoms. The second-order valence-corrected chi connectivity index (χ2v) is 30.6. The molecule has 0 aromatic rings. The predicted octanol–water partition coefficient (Wildman–Crippen LogP) is 23.7. The molecule has 0 radical (unpaired) electrons. The van der Waals surface area contributed by atoms with Crippen LogP contribution in [0.1, 0.15) is 387 Å². The average Bonchev–Trinajstić information content (AvgIpc) is 0.946. The minimum atomic E-state index is -4.97. The summed E-state index contributed by atoms with van der Waals surface area (Å²) in [5.41, 5.74) is 0. The molecule has 0 amide bonds. The van der Waals surface area contributed by atoms with Gasteiger partial charge in [0.15, 0.2) is 12.2 Å². The summed E-state index contributed by atoms with van der Waals surface area (Å²) in [5, 5.41) is 10.6. The second-order valence-electron chi connectivity index (χ2n) is 27.7. The molecule has 100 heavy (non-hydrogen) atoms. The first-order valence-corrected chi connectivity index (χ1v) is 43.9. The zero-order valence-corrected chi connectivity index (χ0v) is 65.9. The highest BCUT2D eigenvalue weighted by molar-refractivity contribution is 7.47. The number of phosphoric acid groups is 2. The third-order valence-electron chi connectivity index (χ3n) is 17.8. The zero-order chi connectivity index (χ0) is 73.2. The van der Waals surface area contributed by atoms with Gasteiger partial charge in [-0.3, -0.25) is 37.3 Å². The van der Waals surface area contributed by atoms with Crippen molar-refractivity contribution in [2.45, 2.75) is 406 Å².